The monoisotopic (exact) mass is 480 g/mol. The maximum Gasteiger partial charge on any atom is 0.264 e. The minimum absolute atomic E-state index is 0.0735. The number of aryl methyl sites for hydroxylation is 1. The van der Waals surface area contributed by atoms with Gasteiger partial charge in [-0.2, -0.15) is 0 Å². The van der Waals surface area contributed by atoms with Gasteiger partial charge in [0.25, 0.3) is 5.91 Å². The first kappa shape index (κ1) is 21.9. The van der Waals surface area contributed by atoms with Gasteiger partial charge in [0.1, 0.15) is 17.3 Å². The fraction of sp³-hybridized carbons (Fsp3) is 0.107. The van der Waals surface area contributed by atoms with Gasteiger partial charge < -0.3 is 15.0 Å². The third-order valence-corrected chi connectivity index (χ3v) is 6.89. The summed E-state index contributed by atoms with van der Waals surface area (Å²) in [6.45, 7) is 0. The predicted molar refractivity (Wildman–Crippen MR) is 135 cm³/mol. The molecular formula is C28H21FN4O3. The summed E-state index contributed by atoms with van der Waals surface area (Å²) in [6, 6.07) is 19.9. The molecule has 178 valence electrons. The number of nitrogens with zero attached hydrogens (tertiary/aromatic N) is 3. The van der Waals surface area contributed by atoms with Crippen LogP contribution in [0.15, 0.2) is 79.0 Å². The highest BCUT2D eigenvalue weighted by Crippen LogP contribution is 2.46. The summed E-state index contributed by atoms with van der Waals surface area (Å²) in [5, 5.41) is 1.80. The van der Waals surface area contributed by atoms with Gasteiger partial charge >= 0.3 is 0 Å². The fourth-order valence-corrected chi connectivity index (χ4v) is 5.00. The summed E-state index contributed by atoms with van der Waals surface area (Å²) in [7, 11) is 3.42. The van der Waals surface area contributed by atoms with Gasteiger partial charge in [0.2, 0.25) is 5.78 Å². The number of rotatable bonds is 4. The van der Waals surface area contributed by atoms with Gasteiger partial charge in [-0.25, -0.2) is 4.39 Å². The lowest BCUT2D eigenvalue weighted by atomic mass is 9.86. The van der Waals surface area contributed by atoms with E-state index in [0.29, 0.717) is 22.7 Å². The molecule has 0 aliphatic carbocycles. The molecule has 0 saturated carbocycles. The number of halogens is 1. The molecular weight excluding hydrogens is 459 g/mol. The first-order chi connectivity index (χ1) is 17.3. The summed E-state index contributed by atoms with van der Waals surface area (Å²) in [6.07, 6.45) is 1.62. The van der Waals surface area contributed by atoms with Crippen LogP contribution in [0.2, 0.25) is 0 Å². The molecule has 7 nitrogen and oxygen atoms in total. The molecule has 2 aromatic heterocycles. The normalized spacial score (nSPS) is 17.1. The molecule has 0 fully saturated rings. The number of hydrogen-bond donors (Lipinski definition) is 1. The minimum atomic E-state index is -2.05. The second-order valence-corrected chi connectivity index (χ2v) is 8.80. The Balaban J connectivity index is 1.54. The van der Waals surface area contributed by atoms with Gasteiger partial charge in [0.15, 0.2) is 5.54 Å². The Kier molecular flexibility index (Phi) is 4.71. The molecule has 1 atom stereocenters. The highest BCUT2D eigenvalue weighted by Gasteiger charge is 2.55. The van der Waals surface area contributed by atoms with Crippen LogP contribution < -0.4 is 15.4 Å². The largest absolute Gasteiger partial charge is 0.497 e. The predicted octanol–water partition coefficient (Wildman–Crippen LogP) is 4.59. The van der Waals surface area contributed by atoms with Crippen LogP contribution >= 0.6 is 0 Å². The van der Waals surface area contributed by atoms with Crippen molar-refractivity contribution in [3.63, 3.8) is 0 Å². The standard InChI is InChI=1S/C28H21FN4O3/c1-32-23-6-4-3-5-19(23)20-14-22(31-15-25(20)32)26(34)28(30)21-13-18(36-2)11-12-24(21)33(27(28)35)17-9-7-16(29)8-10-17/h3-15H,30H2,1-2H3. The van der Waals surface area contributed by atoms with Crippen molar-refractivity contribution in [2.75, 3.05) is 12.0 Å². The molecule has 0 radical (unpaired) electrons. The number of Topliss-reactive ketones (excluding diaryl/α,β-unsaturated/α-hetero) is 1. The SMILES string of the molecule is COc1ccc2c(c1)C(N)(C(=O)c1cc3c4ccccc4n(C)c3cn1)C(=O)N2c1ccc(F)cc1. The van der Waals surface area contributed by atoms with E-state index < -0.39 is 23.0 Å². The molecule has 3 heterocycles. The molecule has 1 aliphatic heterocycles. The maximum absolute atomic E-state index is 14.0. The zero-order chi connectivity index (χ0) is 25.2. The second-order valence-electron chi connectivity index (χ2n) is 8.80. The molecule has 0 saturated heterocycles. The summed E-state index contributed by atoms with van der Waals surface area (Å²) in [5.74, 6) is -1.28. The van der Waals surface area contributed by atoms with E-state index in [-0.39, 0.29) is 5.69 Å². The van der Waals surface area contributed by atoms with E-state index in [4.69, 9.17) is 10.5 Å². The molecule has 1 amide bonds. The first-order valence-electron chi connectivity index (χ1n) is 11.3. The number of methoxy groups -OCH3 is 1. The average molecular weight is 480 g/mol. The van der Waals surface area contributed by atoms with Gasteiger partial charge in [-0.1, -0.05) is 18.2 Å². The Morgan fingerprint density at radius 1 is 1.00 bits per heavy atom. The zero-order valence-corrected chi connectivity index (χ0v) is 19.5. The van der Waals surface area contributed by atoms with Crippen molar-refractivity contribution in [3.05, 3.63) is 96.1 Å². The van der Waals surface area contributed by atoms with Gasteiger partial charge in [-0.15, -0.1) is 0 Å². The van der Waals surface area contributed by atoms with Crippen molar-refractivity contribution >= 4 is 44.9 Å². The van der Waals surface area contributed by atoms with Gasteiger partial charge in [-0.05, 0) is 54.6 Å². The van der Waals surface area contributed by atoms with Gasteiger partial charge in [0.05, 0.1) is 24.5 Å². The number of carbonyl (C=O) groups excluding carboxylic acids is 2. The lowest BCUT2D eigenvalue weighted by molar-refractivity contribution is -0.120. The Hall–Kier alpha value is -4.56. The van der Waals surface area contributed by atoms with E-state index in [1.807, 2.05) is 35.9 Å². The number of pyridine rings is 1. The van der Waals surface area contributed by atoms with E-state index in [1.165, 1.54) is 36.3 Å². The maximum atomic E-state index is 14.0. The fourth-order valence-electron chi connectivity index (χ4n) is 5.00. The molecule has 1 unspecified atom stereocenters. The van der Waals surface area contributed by atoms with Gasteiger partial charge in [-0.3, -0.25) is 19.5 Å². The Labute approximate surface area is 205 Å². The van der Waals surface area contributed by atoms with E-state index in [1.54, 1.807) is 30.5 Å². The van der Waals surface area contributed by atoms with Crippen molar-refractivity contribution in [2.45, 2.75) is 5.54 Å². The van der Waals surface area contributed by atoms with Crippen LogP contribution in [0.1, 0.15) is 16.1 Å². The number of benzene rings is 3. The van der Waals surface area contributed by atoms with Crippen molar-refractivity contribution in [3.8, 4) is 5.75 Å². The van der Waals surface area contributed by atoms with Crippen LogP contribution in [0.25, 0.3) is 21.8 Å². The molecule has 1 aliphatic rings. The Morgan fingerprint density at radius 2 is 1.75 bits per heavy atom. The quantitative estimate of drug-likeness (QED) is 0.300. The van der Waals surface area contributed by atoms with E-state index >= 15 is 0 Å². The van der Waals surface area contributed by atoms with Crippen molar-refractivity contribution < 1.29 is 18.7 Å². The third-order valence-electron chi connectivity index (χ3n) is 6.89. The van der Waals surface area contributed by atoms with Crippen molar-refractivity contribution in [1.82, 2.24) is 9.55 Å². The number of hydrogen-bond acceptors (Lipinski definition) is 5. The van der Waals surface area contributed by atoms with Crippen LogP contribution in [0.4, 0.5) is 15.8 Å². The smallest absolute Gasteiger partial charge is 0.264 e. The molecule has 2 N–H and O–H groups in total. The number of anilines is 2. The molecule has 3 aromatic carbocycles. The lowest BCUT2D eigenvalue weighted by Crippen LogP contribution is -2.52. The van der Waals surface area contributed by atoms with E-state index in [9.17, 15) is 14.0 Å². The van der Waals surface area contributed by atoms with E-state index in [0.717, 1.165) is 21.8 Å². The molecule has 36 heavy (non-hydrogen) atoms. The third kappa shape index (κ3) is 2.91. The summed E-state index contributed by atoms with van der Waals surface area (Å²) < 4.78 is 21.0. The van der Waals surface area contributed by atoms with Crippen molar-refractivity contribution in [2.24, 2.45) is 12.8 Å². The molecule has 0 spiro atoms. The summed E-state index contributed by atoms with van der Waals surface area (Å²) >= 11 is 0. The highest BCUT2D eigenvalue weighted by molar-refractivity contribution is 6.28. The van der Waals surface area contributed by atoms with Crippen LogP contribution in [0.5, 0.6) is 5.75 Å². The molecule has 6 rings (SSSR count). The number of carbonyl (C=O) groups is 2. The summed E-state index contributed by atoms with van der Waals surface area (Å²) in [4.78, 5) is 33.6. The zero-order valence-electron chi connectivity index (χ0n) is 19.5. The highest BCUT2D eigenvalue weighted by atomic mass is 19.1. The lowest BCUT2D eigenvalue weighted by Gasteiger charge is -2.23. The van der Waals surface area contributed by atoms with Gasteiger partial charge in [0, 0.05) is 34.6 Å². The topological polar surface area (TPSA) is 90.5 Å². The minimum Gasteiger partial charge on any atom is -0.497 e. The Morgan fingerprint density at radius 3 is 2.50 bits per heavy atom. The van der Waals surface area contributed by atoms with Crippen LogP contribution in [-0.2, 0) is 17.4 Å². The summed E-state index contributed by atoms with van der Waals surface area (Å²) in [5.41, 5.74) is 7.70. The number of para-hydroxylation sites is 1. The number of aromatic nitrogens is 2. The van der Waals surface area contributed by atoms with E-state index in [2.05, 4.69) is 4.98 Å². The van der Waals surface area contributed by atoms with Crippen molar-refractivity contribution in [1.29, 1.82) is 0 Å². The molecule has 0 bridgehead atoms. The van der Waals surface area contributed by atoms with Crippen LogP contribution in [0.3, 0.4) is 0 Å². The number of amides is 1. The molecule has 8 heteroatoms. The molecule has 5 aromatic rings. The second kappa shape index (κ2) is 7.73. The number of fused-ring (bicyclic) bond motifs is 4. The number of nitrogens with two attached hydrogens (primary N) is 1. The first-order valence-corrected chi connectivity index (χ1v) is 11.3. The van der Waals surface area contributed by atoms with Crippen LogP contribution in [-0.4, -0.2) is 28.4 Å². The number of ketones is 1. The Bertz CT molecular complexity index is 1710. The average Bonchev–Trinajstić information content (AvgIpc) is 3.32. The van der Waals surface area contributed by atoms with Crippen LogP contribution in [0, 0.1) is 5.82 Å². The number of ether oxygens (including phenoxy) is 1.